The number of unbranched alkanes of at least 4 members (excludes halogenated alkanes) is 2. The van der Waals surface area contributed by atoms with Crippen LogP contribution in [0.25, 0.3) is 0 Å². The Labute approximate surface area is 87.8 Å². The van der Waals surface area contributed by atoms with Gasteiger partial charge < -0.3 is 4.74 Å². The van der Waals surface area contributed by atoms with Crippen LogP contribution in [0.1, 0.15) is 45.4 Å². The molecule has 0 N–H and O–H groups in total. The maximum atomic E-state index is 5.77. The van der Waals surface area contributed by atoms with Crippen molar-refractivity contribution in [3.8, 4) is 0 Å². The van der Waals surface area contributed by atoms with Crippen molar-refractivity contribution in [3.05, 3.63) is 24.3 Å². The third-order valence-corrected chi connectivity index (χ3v) is 2.85. The predicted octanol–water partition coefficient (Wildman–Crippen LogP) is 3.86. The summed E-state index contributed by atoms with van der Waals surface area (Å²) >= 11 is 0. The Kier molecular flexibility index (Phi) is 4.95. The lowest BCUT2D eigenvalue weighted by Gasteiger charge is -2.17. The summed E-state index contributed by atoms with van der Waals surface area (Å²) in [5.74, 6) is 0. The Bertz CT molecular complexity index is 205. The van der Waals surface area contributed by atoms with E-state index in [1.807, 2.05) is 0 Å². The molecular weight excluding hydrogens is 172 g/mol. The molecule has 1 fully saturated rings. The normalized spacial score (nSPS) is 23.6. The third-order valence-electron chi connectivity index (χ3n) is 2.85. The van der Waals surface area contributed by atoms with E-state index in [0.29, 0.717) is 0 Å². The molecule has 0 aromatic rings. The van der Waals surface area contributed by atoms with Gasteiger partial charge in [-0.3, -0.25) is 0 Å². The van der Waals surface area contributed by atoms with Crippen molar-refractivity contribution in [2.75, 3.05) is 6.61 Å². The fraction of sp³-hybridized carbons (Fsp3) is 0.692. The van der Waals surface area contributed by atoms with E-state index < -0.39 is 0 Å². The van der Waals surface area contributed by atoms with Gasteiger partial charge in [-0.2, -0.15) is 0 Å². The van der Waals surface area contributed by atoms with E-state index in [-0.39, 0.29) is 6.10 Å². The van der Waals surface area contributed by atoms with Crippen LogP contribution in [-0.2, 0) is 4.74 Å². The molecule has 0 aromatic carbocycles. The SMILES string of the molecule is C=C1CCCOC(CCCCC)C1=C. The average Bonchev–Trinajstić information content (AvgIpc) is 2.33. The molecule has 80 valence electrons. The van der Waals surface area contributed by atoms with E-state index in [0.717, 1.165) is 31.4 Å². The second-order valence-corrected chi connectivity index (χ2v) is 4.09. The maximum Gasteiger partial charge on any atom is 0.0821 e. The van der Waals surface area contributed by atoms with Crippen LogP contribution < -0.4 is 0 Å². The standard InChI is InChI=1S/C13H22O/c1-4-5-6-9-13-12(3)11(2)8-7-10-14-13/h13H,2-10H2,1H3. The van der Waals surface area contributed by atoms with E-state index in [1.54, 1.807) is 0 Å². The van der Waals surface area contributed by atoms with E-state index in [4.69, 9.17) is 4.74 Å². The van der Waals surface area contributed by atoms with Gasteiger partial charge in [0, 0.05) is 6.61 Å². The van der Waals surface area contributed by atoms with Gasteiger partial charge in [0.25, 0.3) is 0 Å². The van der Waals surface area contributed by atoms with Crippen molar-refractivity contribution in [1.29, 1.82) is 0 Å². The van der Waals surface area contributed by atoms with Crippen LogP contribution in [0.15, 0.2) is 24.3 Å². The molecule has 1 saturated heterocycles. The molecule has 1 nitrogen and oxygen atoms in total. The Morgan fingerprint density at radius 3 is 2.86 bits per heavy atom. The molecule has 0 spiro atoms. The monoisotopic (exact) mass is 194 g/mol. The van der Waals surface area contributed by atoms with Gasteiger partial charge in [-0.25, -0.2) is 0 Å². The topological polar surface area (TPSA) is 9.23 Å². The zero-order valence-corrected chi connectivity index (χ0v) is 9.35. The summed E-state index contributed by atoms with van der Waals surface area (Å²) in [7, 11) is 0. The molecule has 0 amide bonds. The lowest BCUT2D eigenvalue weighted by Crippen LogP contribution is -2.14. The quantitative estimate of drug-likeness (QED) is 0.617. The molecule has 1 aliphatic heterocycles. The fourth-order valence-electron chi connectivity index (χ4n) is 1.84. The van der Waals surface area contributed by atoms with Crippen molar-refractivity contribution >= 4 is 0 Å². The summed E-state index contributed by atoms with van der Waals surface area (Å²) in [6.07, 6.45) is 7.32. The van der Waals surface area contributed by atoms with Crippen LogP contribution in [-0.4, -0.2) is 12.7 Å². The maximum absolute atomic E-state index is 5.77. The summed E-state index contributed by atoms with van der Waals surface area (Å²) in [5, 5.41) is 0. The van der Waals surface area contributed by atoms with Crippen molar-refractivity contribution in [3.63, 3.8) is 0 Å². The Morgan fingerprint density at radius 2 is 2.14 bits per heavy atom. The van der Waals surface area contributed by atoms with Gasteiger partial charge in [-0.05, 0) is 30.4 Å². The summed E-state index contributed by atoms with van der Waals surface area (Å²) in [6, 6.07) is 0. The average molecular weight is 194 g/mol. The first-order valence-corrected chi connectivity index (χ1v) is 5.74. The van der Waals surface area contributed by atoms with Gasteiger partial charge in [0.1, 0.15) is 0 Å². The minimum absolute atomic E-state index is 0.247. The number of hydrogen-bond donors (Lipinski definition) is 0. The fourth-order valence-corrected chi connectivity index (χ4v) is 1.84. The lowest BCUT2D eigenvalue weighted by molar-refractivity contribution is 0.0771. The molecule has 0 saturated carbocycles. The van der Waals surface area contributed by atoms with Crippen molar-refractivity contribution in [1.82, 2.24) is 0 Å². The highest BCUT2D eigenvalue weighted by Gasteiger charge is 2.18. The first-order chi connectivity index (χ1) is 6.75. The molecule has 1 aliphatic rings. The Balaban J connectivity index is 2.40. The minimum atomic E-state index is 0.247. The molecule has 1 heterocycles. The van der Waals surface area contributed by atoms with Crippen LogP contribution in [0.5, 0.6) is 0 Å². The van der Waals surface area contributed by atoms with Crippen LogP contribution in [0.4, 0.5) is 0 Å². The number of hydrogen-bond acceptors (Lipinski definition) is 1. The van der Waals surface area contributed by atoms with Crippen LogP contribution in [0.2, 0.25) is 0 Å². The smallest absolute Gasteiger partial charge is 0.0821 e. The second kappa shape index (κ2) is 6.02. The van der Waals surface area contributed by atoms with Crippen LogP contribution >= 0.6 is 0 Å². The zero-order chi connectivity index (χ0) is 10.4. The van der Waals surface area contributed by atoms with Crippen molar-refractivity contribution in [2.45, 2.75) is 51.6 Å². The van der Waals surface area contributed by atoms with E-state index in [2.05, 4.69) is 20.1 Å². The Morgan fingerprint density at radius 1 is 1.36 bits per heavy atom. The molecule has 1 atom stereocenters. The zero-order valence-electron chi connectivity index (χ0n) is 9.35. The van der Waals surface area contributed by atoms with E-state index in [9.17, 15) is 0 Å². The highest BCUT2D eigenvalue weighted by Crippen LogP contribution is 2.25. The van der Waals surface area contributed by atoms with Gasteiger partial charge in [-0.15, -0.1) is 0 Å². The lowest BCUT2D eigenvalue weighted by atomic mass is 9.97. The molecule has 0 radical (unpaired) electrons. The van der Waals surface area contributed by atoms with Gasteiger partial charge in [0.2, 0.25) is 0 Å². The molecular formula is C13H22O. The molecule has 1 heteroatoms. The molecule has 1 rings (SSSR count). The number of ether oxygens (including phenoxy) is 1. The summed E-state index contributed by atoms with van der Waals surface area (Å²) in [4.78, 5) is 0. The first-order valence-electron chi connectivity index (χ1n) is 5.74. The van der Waals surface area contributed by atoms with Crippen LogP contribution in [0, 0.1) is 0 Å². The minimum Gasteiger partial charge on any atom is -0.374 e. The van der Waals surface area contributed by atoms with Crippen LogP contribution in [0.3, 0.4) is 0 Å². The molecule has 0 bridgehead atoms. The van der Waals surface area contributed by atoms with Gasteiger partial charge in [-0.1, -0.05) is 39.3 Å². The summed E-state index contributed by atoms with van der Waals surface area (Å²) in [6.45, 7) is 11.2. The highest BCUT2D eigenvalue weighted by molar-refractivity contribution is 5.29. The number of rotatable bonds is 4. The molecule has 1 unspecified atom stereocenters. The summed E-state index contributed by atoms with van der Waals surface area (Å²) < 4.78 is 5.77. The van der Waals surface area contributed by atoms with Crippen molar-refractivity contribution < 1.29 is 4.74 Å². The van der Waals surface area contributed by atoms with Gasteiger partial charge >= 0.3 is 0 Å². The van der Waals surface area contributed by atoms with Gasteiger partial charge in [0.15, 0.2) is 0 Å². The Hall–Kier alpha value is -0.560. The predicted molar refractivity (Wildman–Crippen MR) is 61.4 cm³/mol. The van der Waals surface area contributed by atoms with E-state index >= 15 is 0 Å². The molecule has 14 heavy (non-hydrogen) atoms. The van der Waals surface area contributed by atoms with Gasteiger partial charge in [0.05, 0.1) is 6.10 Å². The summed E-state index contributed by atoms with van der Waals surface area (Å²) in [5.41, 5.74) is 2.34. The highest BCUT2D eigenvalue weighted by atomic mass is 16.5. The third kappa shape index (κ3) is 3.30. The second-order valence-electron chi connectivity index (χ2n) is 4.09. The van der Waals surface area contributed by atoms with E-state index in [1.165, 1.54) is 24.8 Å². The van der Waals surface area contributed by atoms with Crippen molar-refractivity contribution in [2.24, 2.45) is 0 Å². The largest absolute Gasteiger partial charge is 0.374 e. The molecule has 0 aliphatic carbocycles. The first kappa shape index (κ1) is 11.5. The molecule has 0 aromatic heterocycles.